The van der Waals surface area contributed by atoms with Crippen molar-refractivity contribution in [3.63, 3.8) is 0 Å². The molecule has 0 aliphatic heterocycles. The number of hydrogen-bond donors (Lipinski definition) is 2. The standard InChI is InChI=1S/C19H30O2S/c1-14(2)22(15(3)4,16(5)6)12-11-17-7-9-18(10-8-17)19(21)13-20/h7-10,14-16,19-21H,13H2,1-6H3/t19-/m0/s1. The molecule has 1 atom stereocenters. The summed E-state index contributed by atoms with van der Waals surface area (Å²) < 4.78 is 0. The van der Waals surface area contributed by atoms with Gasteiger partial charge in [-0.3, -0.25) is 0 Å². The van der Waals surface area contributed by atoms with Gasteiger partial charge in [0.15, 0.2) is 0 Å². The average molecular weight is 323 g/mol. The van der Waals surface area contributed by atoms with E-state index in [2.05, 4.69) is 52.7 Å². The fourth-order valence-corrected chi connectivity index (χ4v) is 7.30. The quantitative estimate of drug-likeness (QED) is 0.803. The summed E-state index contributed by atoms with van der Waals surface area (Å²) in [6.07, 6.45) is -0.811. The van der Waals surface area contributed by atoms with Gasteiger partial charge in [0.05, 0.1) is 6.61 Å². The number of aliphatic hydroxyl groups excluding tert-OH is 2. The van der Waals surface area contributed by atoms with E-state index in [-0.39, 0.29) is 6.61 Å². The van der Waals surface area contributed by atoms with Crippen molar-refractivity contribution in [1.29, 1.82) is 0 Å². The topological polar surface area (TPSA) is 40.5 Å². The Morgan fingerprint density at radius 1 is 0.909 bits per heavy atom. The lowest BCUT2D eigenvalue weighted by molar-refractivity contribution is 0.0956. The van der Waals surface area contributed by atoms with Crippen LogP contribution in [0, 0.1) is 11.2 Å². The summed E-state index contributed by atoms with van der Waals surface area (Å²) in [7, 11) is -1.03. The molecule has 2 nitrogen and oxygen atoms in total. The van der Waals surface area contributed by atoms with Crippen molar-refractivity contribution in [3.8, 4) is 11.2 Å². The third-order valence-electron chi connectivity index (χ3n) is 4.18. The van der Waals surface area contributed by atoms with E-state index < -0.39 is 16.1 Å². The van der Waals surface area contributed by atoms with Crippen LogP contribution in [0.4, 0.5) is 0 Å². The molecule has 2 N–H and O–H groups in total. The Morgan fingerprint density at radius 3 is 1.73 bits per heavy atom. The predicted octanol–water partition coefficient (Wildman–Crippen LogP) is 4.05. The Labute approximate surface area is 137 Å². The van der Waals surface area contributed by atoms with E-state index in [0.717, 1.165) is 11.1 Å². The zero-order valence-corrected chi connectivity index (χ0v) is 15.4. The second kappa shape index (κ2) is 8.06. The van der Waals surface area contributed by atoms with Crippen LogP contribution in [0.3, 0.4) is 0 Å². The Hall–Kier alpha value is -0.950. The smallest absolute Gasteiger partial charge is 0.102 e. The second-order valence-electron chi connectivity index (χ2n) is 6.46. The van der Waals surface area contributed by atoms with Crippen LogP contribution < -0.4 is 0 Å². The van der Waals surface area contributed by atoms with Crippen LogP contribution in [-0.2, 0) is 0 Å². The molecule has 0 bridgehead atoms. The lowest BCUT2D eigenvalue weighted by Crippen LogP contribution is -2.27. The van der Waals surface area contributed by atoms with Crippen molar-refractivity contribution < 1.29 is 10.2 Å². The monoisotopic (exact) mass is 322 g/mol. The maximum Gasteiger partial charge on any atom is 0.102 e. The number of benzene rings is 1. The van der Waals surface area contributed by atoms with Gasteiger partial charge in [0, 0.05) is 5.56 Å². The first-order chi connectivity index (χ1) is 10.3. The lowest BCUT2D eigenvalue weighted by Gasteiger charge is -2.46. The first kappa shape index (κ1) is 19.1. The molecule has 0 aliphatic carbocycles. The van der Waals surface area contributed by atoms with Gasteiger partial charge in [0.2, 0.25) is 0 Å². The fourth-order valence-electron chi connectivity index (χ4n) is 3.03. The van der Waals surface area contributed by atoms with Gasteiger partial charge in [-0.25, -0.2) is 0 Å². The van der Waals surface area contributed by atoms with Crippen LogP contribution in [0.5, 0.6) is 0 Å². The number of aliphatic hydroxyl groups is 2. The zero-order chi connectivity index (χ0) is 16.9. The van der Waals surface area contributed by atoms with Crippen molar-refractivity contribution in [2.24, 2.45) is 0 Å². The molecular weight excluding hydrogens is 292 g/mol. The van der Waals surface area contributed by atoms with Gasteiger partial charge in [-0.2, -0.15) is 10.0 Å². The van der Waals surface area contributed by atoms with Gasteiger partial charge in [-0.05, 0) is 38.7 Å². The van der Waals surface area contributed by atoms with E-state index in [9.17, 15) is 5.11 Å². The molecule has 22 heavy (non-hydrogen) atoms. The highest BCUT2D eigenvalue weighted by Crippen LogP contribution is 2.59. The summed E-state index contributed by atoms with van der Waals surface area (Å²) in [5.41, 5.74) is 1.69. The Morgan fingerprint density at radius 2 is 1.36 bits per heavy atom. The van der Waals surface area contributed by atoms with Gasteiger partial charge in [0.25, 0.3) is 0 Å². The summed E-state index contributed by atoms with van der Waals surface area (Å²) in [6.45, 7) is 13.4. The fraction of sp³-hybridized carbons (Fsp3) is 0.579. The maximum atomic E-state index is 9.62. The van der Waals surface area contributed by atoms with Crippen LogP contribution in [0.25, 0.3) is 0 Å². The predicted molar refractivity (Wildman–Crippen MR) is 98.4 cm³/mol. The lowest BCUT2D eigenvalue weighted by atomic mass is 10.1. The Balaban J connectivity index is 3.13. The van der Waals surface area contributed by atoms with E-state index in [4.69, 9.17) is 5.11 Å². The van der Waals surface area contributed by atoms with E-state index in [1.165, 1.54) is 0 Å². The minimum absolute atomic E-state index is 0.258. The van der Waals surface area contributed by atoms with Crippen molar-refractivity contribution in [2.45, 2.75) is 63.4 Å². The van der Waals surface area contributed by atoms with Gasteiger partial charge < -0.3 is 10.2 Å². The molecule has 0 spiro atoms. The zero-order valence-electron chi connectivity index (χ0n) is 14.6. The van der Waals surface area contributed by atoms with Gasteiger partial charge in [0.1, 0.15) is 6.10 Å². The molecule has 1 aromatic rings. The summed E-state index contributed by atoms with van der Waals surface area (Å²) in [6, 6.07) is 7.52. The molecule has 124 valence electrons. The average Bonchev–Trinajstić information content (AvgIpc) is 2.46. The molecule has 1 aromatic carbocycles. The molecular formula is C19H30O2S. The molecule has 0 saturated carbocycles. The molecule has 0 fully saturated rings. The van der Waals surface area contributed by atoms with Crippen molar-refractivity contribution in [2.75, 3.05) is 6.61 Å². The molecule has 0 amide bonds. The van der Waals surface area contributed by atoms with Crippen LogP contribution in [0.1, 0.15) is 58.8 Å². The van der Waals surface area contributed by atoms with Gasteiger partial charge in [-0.15, -0.1) is 0 Å². The highest BCUT2D eigenvalue weighted by atomic mass is 32.3. The van der Waals surface area contributed by atoms with Gasteiger partial charge >= 0.3 is 0 Å². The summed E-state index contributed by atoms with van der Waals surface area (Å²) in [5, 5.41) is 23.9. The maximum absolute atomic E-state index is 9.62. The molecule has 1 rings (SSSR count). The van der Waals surface area contributed by atoms with E-state index in [1.54, 1.807) is 0 Å². The Kier molecular flexibility index (Phi) is 6.99. The van der Waals surface area contributed by atoms with Crippen molar-refractivity contribution >= 4 is 10.0 Å². The van der Waals surface area contributed by atoms with Crippen molar-refractivity contribution in [3.05, 3.63) is 35.4 Å². The van der Waals surface area contributed by atoms with Crippen molar-refractivity contribution in [1.82, 2.24) is 0 Å². The molecule has 0 radical (unpaired) electrons. The Bertz CT molecular complexity index is 499. The van der Waals surface area contributed by atoms with Crippen LogP contribution in [0.2, 0.25) is 0 Å². The second-order valence-corrected chi connectivity index (χ2v) is 11.0. The molecule has 0 aliphatic rings. The summed E-state index contributed by atoms with van der Waals surface area (Å²) in [4.78, 5) is 0. The largest absolute Gasteiger partial charge is 0.393 e. The number of rotatable bonds is 5. The SMILES string of the molecule is CC(C)S(C#Cc1ccc([C@@H](O)CO)cc1)(C(C)C)C(C)C. The third kappa shape index (κ3) is 4.07. The minimum Gasteiger partial charge on any atom is -0.393 e. The molecule has 0 aromatic heterocycles. The van der Waals surface area contributed by atoms with Crippen LogP contribution in [0.15, 0.2) is 24.3 Å². The number of hydrogen-bond acceptors (Lipinski definition) is 2. The first-order valence-corrected chi connectivity index (χ1v) is 9.79. The summed E-state index contributed by atoms with van der Waals surface area (Å²) >= 11 is 0. The van der Waals surface area contributed by atoms with E-state index in [1.807, 2.05) is 24.3 Å². The highest BCUT2D eigenvalue weighted by Gasteiger charge is 2.32. The first-order valence-electron chi connectivity index (χ1n) is 7.97. The molecule has 3 heteroatoms. The molecule has 0 unspecified atom stereocenters. The highest BCUT2D eigenvalue weighted by molar-refractivity contribution is 8.38. The minimum atomic E-state index is -1.03. The molecule has 0 heterocycles. The normalized spacial score (nSPS) is 14.1. The van der Waals surface area contributed by atoms with Crippen LogP contribution >= 0.6 is 10.0 Å². The molecule has 0 saturated heterocycles. The third-order valence-corrected chi connectivity index (χ3v) is 9.32. The van der Waals surface area contributed by atoms with E-state index >= 15 is 0 Å². The van der Waals surface area contributed by atoms with Gasteiger partial charge in [-0.1, -0.05) is 59.6 Å². The van der Waals surface area contributed by atoms with E-state index in [0.29, 0.717) is 15.7 Å². The summed E-state index contributed by atoms with van der Waals surface area (Å²) in [5.74, 6) is 3.36. The van der Waals surface area contributed by atoms with Crippen LogP contribution in [-0.4, -0.2) is 32.6 Å².